The second kappa shape index (κ2) is 12.0. The van der Waals surface area contributed by atoms with Gasteiger partial charge >= 0.3 is 12.3 Å². The molecule has 194 valence electrons. The van der Waals surface area contributed by atoms with Crippen molar-refractivity contribution in [2.75, 3.05) is 39.3 Å². The second-order valence-electron chi connectivity index (χ2n) is 7.19. The number of methoxy groups -OCH3 is 2. The van der Waals surface area contributed by atoms with E-state index in [9.17, 15) is 23.1 Å². The van der Waals surface area contributed by atoms with Gasteiger partial charge in [-0.25, -0.2) is 14.8 Å². The SMILES string of the molecule is COCCN.COCCn1c(Nc2nc3ccc(OC(F)(F)F)cc3s2)nc2cc(C(=O)O)ccc21. The molecule has 0 unspecified atom stereocenters. The lowest BCUT2D eigenvalue weighted by Crippen LogP contribution is -2.16. The van der Waals surface area contributed by atoms with Crippen LogP contribution in [0.25, 0.3) is 21.3 Å². The number of nitrogens with zero attached hydrogens (tertiary/aromatic N) is 3. The van der Waals surface area contributed by atoms with Crippen LogP contribution in [0.5, 0.6) is 5.75 Å². The van der Waals surface area contributed by atoms with Gasteiger partial charge in [-0.05, 0) is 30.3 Å². The Morgan fingerprint density at radius 3 is 2.47 bits per heavy atom. The molecule has 0 amide bonds. The van der Waals surface area contributed by atoms with Crippen molar-refractivity contribution in [2.24, 2.45) is 5.73 Å². The quantitative estimate of drug-likeness (QED) is 0.292. The van der Waals surface area contributed by atoms with Crippen molar-refractivity contribution in [3.8, 4) is 5.75 Å². The van der Waals surface area contributed by atoms with Gasteiger partial charge in [-0.3, -0.25) is 0 Å². The molecule has 4 N–H and O–H groups in total. The number of carboxylic acids is 1. The van der Waals surface area contributed by atoms with E-state index in [0.29, 0.717) is 58.6 Å². The molecule has 4 aromatic rings. The van der Waals surface area contributed by atoms with E-state index >= 15 is 0 Å². The van der Waals surface area contributed by atoms with Gasteiger partial charge in [0.15, 0.2) is 5.13 Å². The number of imidazole rings is 1. The Hall–Kier alpha value is -3.46. The first-order valence-corrected chi connectivity index (χ1v) is 11.3. The minimum Gasteiger partial charge on any atom is -0.478 e. The van der Waals surface area contributed by atoms with Crippen LogP contribution >= 0.6 is 11.3 Å². The van der Waals surface area contributed by atoms with Gasteiger partial charge in [-0.15, -0.1) is 13.2 Å². The van der Waals surface area contributed by atoms with Gasteiger partial charge < -0.3 is 34.9 Å². The summed E-state index contributed by atoms with van der Waals surface area (Å²) < 4.78 is 53.3. The number of carboxylic acid groups (broad SMARTS) is 1. The van der Waals surface area contributed by atoms with Crippen molar-refractivity contribution in [1.29, 1.82) is 0 Å². The molecule has 0 aliphatic heterocycles. The van der Waals surface area contributed by atoms with Crippen LogP contribution in [0.2, 0.25) is 0 Å². The number of nitrogens with one attached hydrogen (secondary N) is 1. The molecule has 14 heteroatoms. The lowest BCUT2D eigenvalue weighted by Gasteiger charge is -2.08. The molecule has 0 saturated carbocycles. The summed E-state index contributed by atoms with van der Waals surface area (Å²) >= 11 is 1.13. The Labute approximate surface area is 207 Å². The molecule has 0 aliphatic rings. The number of hydrogen-bond donors (Lipinski definition) is 3. The summed E-state index contributed by atoms with van der Waals surface area (Å²) in [5, 5.41) is 12.7. The van der Waals surface area contributed by atoms with Gasteiger partial charge in [0.05, 0.1) is 40.0 Å². The highest BCUT2D eigenvalue weighted by Gasteiger charge is 2.31. The van der Waals surface area contributed by atoms with E-state index in [2.05, 4.69) is 24.8 Å². The normalized spacial score (nSPS) is 11.4. The summed E-state index contributed by atoms with van der Waals surface area (Å²) in [4.78, 5) is 20.1. The minimum atomic E-state index is -4.78. The zero-order valence-corrected chi connectivity index (χ0v) is 20.2. The highest BCUT2D eigenvalue weighted by molar-refractivity contribution is 7.22. The first-order chi connectivity index (χ1) is 17.1. The number of aromatic nitrogens is 3. The van der Waals surface area contributed by atoms with Gasteiger partial charge in [-0.1, -0.05) is 11.3 Å². The van der Waals surface area contributed by atoms with E-state index in [1.807, 2.05) is 4.57 Å². The number of nitrogens with two attached hydrogens (primary N) is 1. The molecule has 2 heterocycles. The lowest BCUT2D eigenvalue weighted by atomic mass is 10.2. The molecule has 0 fully saturated rings. The van der Waals surface area contributed by atoms with Crippen molar-refractivity contribution in [3.05, 3.63) is 42.0 Å². The molecular weight excluding hydrogens is 503 g/mol. The van der Waals surface area contributed by atoms with Crippen LogP contribution in [0.3, 0.4) is 0 Å². The summed E-state index contributed by atoms with van der Waals surface area (Å²) in [5.74, 6) is -0.991. The van der Waals surface area contributed by atoms with Crippen LogP contribution in [0.1, 0.15) is 10.4 Å². The number of rotatable bonds is 9. The number of thiazole rings is 1. The van der Waals surface area contributed by atoms with Crippen LogP contribution in [-0.2, 0) is 16.0 Å². The van der Waals surface area contributed by atoms with E-state index in [1.165, 1.54) is 30.3 Å². The van der Waals surface area contributed by atoms with Crippen LogP contribution in [-0.4, -0.2) is 66.0 Å². The number of halogens is 3. The summed E-state index contributed by atoms with van der Waals surface area (Å²) in [5.41, 5.74) is 6.79. The number of ether oxygens (including phenoxy) is 3. The third-order valence-corrected chi connectivity index (χ3v) is 5.58. The van der Waals surface area contributed by atoms with E-state index < -0.39 is 12.3 Å². The largest absolute Gasteiger partial charge is 0.573 e. The van der Waals surface area contributed by atoms with Crippen molar-refractivity contribution in [3.63, 3.8) is 0 Å². The minimum absolute atomic E-state index is 0.104. The maximum absolute atomic E-state index is 12.5. The van der Waals surface area contributed by atoms with E-state index in [-0.39, 0.29) is 11.3 Å². The van der Waals surface area contributed by atoms with Crippen LogP contribution in [0.4, 0.5) is 24.3 Å². The molecule has 0 radical (unpaired) electrons. The summed E-state index contributed by atoms with van der Waals surface area (Å²) in [6, 6.07) is 8.50. The summed E-state index contributed by atoms with van der Waals surface area (Å²) in [6.07, 6.45) is -4.78. The van der Waals surface area contributed by atoms with E-state index in [1.54, 1.807) is 20.3 Å². The molecule has 4 rings (SSSR count). The number of carbonyl (C=O) groups is 1. The lowest BCUT2D eigenvalue weighted by molar-refractivity contribution is -0.274. The summed E-state index contributed by atoms with van der Waals surface area (Å²) in [7, 11) is 3.19. The number of fused-ring (bicyclic) bond motifs is 2. The predicted molar refractivity (Wildman–Crippen MR) is 129 cm³/mol. The highest BCUT2D eigenvalue weighted by Crippen LogP contribution is 2.33. The smallest absolute Gasteiger partial charge is 0.478 e. The molecule has 0 aliphatic carbocycles. The zero-order valence-electron chi connectivity index (χ0n) is 19.3. The topological polar surface area (TPSA) is 134 Å². The highest BCUT2D eigenvalue weighted by atomic mass is 32.1. The standard InChI is InChI=1S/C19H15F3N4O4S.C3H9NO/c1-29-7-6-26-14-5-2-10(16(27)28)8-13(14)23-17(26)25-18-24-12-4-3-11(9-15(12)31-18)30-19(20,21)22;1-5-3-2-4/h2-5,8-9H,6-7H2,1H3,(H,27,28)(H,23,24,25);2-4H2,1H3. The molecule has 10 nitrogen and oxygen atoms in total. The molecule has 2 aromatic carbocycles. The van der Waals surface area contributed by atoms with Crippen LogP contribution in [0, 0.1) is 0 Å². The fourth-order valence-corrected chi connectivity index (χ4v) is 4.02. The van der Waals surface area contributed by atoms with Crippen LogP contribution < -0.4 is 15.8 Å². The molecule has 2 aromatic heterocycles. The Morgan fingerprint density at radius 1 is 1.11 bits per heavy atom. The third kappa shape index (κ3) is 7.04. The van der Waals surface area contributed by atoms with Crippen molar-refractivity contribution < 1.29 is 37.3 Å². The molecule has 0 spiro atoms. The van der Waals surface area contributed by atoms with Crippen molar-refractivity contribution in [1.82, 2.24) is 14.5 Å². The Bertz CT molecular complexity index is 1320. The molecule has 36 heavy (non-hydrogen) atoms. The third-order valence-electron chi connectivity index (χ3n) is 4.65. The average Bonchev–Trinajstić information content (AvgIpc) is 3.36. The first kappa shape index (κ1) is 27.1. The molecule has 0 bridgehead atoms. The number of anilines is 2. The molecule has 0 atom stereocenters. The van der Waals surface area contributed by atoms with Crippen molar-refractivity contribution >= 4 is 49.6 Å². The fourth-order valence-electron chi connectivity index (χ4n) is 3.14. The Morgan fingerprint density at radius 2 is 1.86 bits per heavy atom. The van der Waals surface area contributed by atoms with E-state index in [0.717, 1.165) is 11.3 Å². The maximum Gasteiger partial charge on any atom is 0.573 e. The molecule has 0 saturated heterocycles. The second-order valence-corrected chi connectivity index (χ2v) is 8.22. The fraction of sp³-hybridized carbons (Fsp3) is 0.318. The maximum atomic E-state index is 12.5. The Kier molecular flexibility index (Phi) is 9.03. The number of alkyl halides is 3. The zero-order chi connectivity index (χ0) is 26.3. The number of benzene rings is 2. The van der Waals surface area contributed by atoms with Gasteiger partial charge in [0.1, 0.15) is 5.75 Å². The Balaban J connectivity index is 0.000000658. The average molecular weight is 528 g/mol. The molecular formula is C22H24F3N5O5S. The van der Waals surface area contributed by atoms with Crippen LogP contribution in [0.15, 0.2) is 36.4 Å². The number of hydrogen-bond acceptors (Lipinski definition) is 9. The van der Waals surface area contributed by atoms with Crippen molar-refractivity contribution in [2.45, 2.75) is 12.9 Å². The number of aromatic carboxylic acids is 1. The van der Waals surface area contributed by atoms with Gasteiger partial charge in [0, 0.05) is 33.4 Å². The first-order valence-electron chi connectivity index (χ1n) is 10.5. The van der Waals surface area contributed by atoms with Gasteiger partial charge in [-0.2, -0.15) is 0 Å². The van der Waals surface area contributed by atoms with Gasteiger partial charge in [0.2, 0.25) is 5.95 Å². The predicted octanol–water partition coefficient (Wildman–Crippen LogP) is 4.22. The van der Waals surface area contributed by atoms with Gasteiger partial charge in [0.25, 0.3) is 0 Å². The monoisotopic (exact) mass is 527 g/mol. The summed E-state index contributed by atoms with van der Waals surface area (Å²) in [6.45, 7) is 2.12. The van der Waals surface area contributed by atoms with E-state index in [4.69, 9.17) is 10.5 Å².